The van der Waals surface area contributed by atoms with Crippen molar-refractivity contribution in [3.05, 3.63) is 51.8 Å². The molecule has 1 amide bonds. The number of hydrogen-bond donors (Lipinski definition) is 0. The first-order valence-corrected chi connectivity index (χ1v) is 12.0. The Morgan fingerprint density at radius 1 is 1.36 bits per heavy atom. The number of ether oxygens (including phenoxy) is 2. The van der Waals surface area contributed by atoms with Crippen molar-refractivity contribution < 1.29 is 14.3 Å². The molecule has 1 aromatic rings. The standard InChI is InChI=1S/C25H34N4O3S/c1-5-10-21(20(6-2)16-26)17-28(3)25(30)24-23(27-19-29-11-8-7-9-12-29)15-22(33-24)18-32-14-13-31-4/h5-6,10,15,19H,2,7-9,11-14,17-18H2,1,3-4H3/b10-5-,21-20-,27-19?. The fraction of sp³-hybridized carbons (Fsp3) is 0.480. The molecule has 0 aromatic carbocycles. The van der Waals surface area contributed by atoms with E-state index in [2.05, 4.69) is 22.5 Å². The first-order valence-electron chi connectivity index (χ1n) is 11.2. The zero-order chi connectivity index (χ0) is 24.1. The van der Waals surface area contributed by atoms with E-state index in [1.54, 1.807) is 19.1 Å². The van der Waals surface area contributed by atoms with Gasteiger partial charge in [-0.15, -0.1) is 11.3 Å². The second-order valence-electron chi connectivity index (χ2n) is 7.73. The maximum atomic E-state index is 13.4. The van der Waals surface area contributed by atoms with Crippen LogP contribution in [0.5, 0.6) is 0 Å². The summed E-state index contributed by atoms with van der Waals surface area (Å²) in [5.41, 5.74) is 1.84. The zero-order valence-electron chi connectivity index (χ0n) is 19.9. The summed E-state index contributed by atoms with van der Waals surface area (Å²) in [5.74, 6) is -0.141. The van der Waals surface area contributed by atoms with E-state index in [0.717, 1.165) is 36.4 Å². The van der Waals surface area contributed by atoms with Crippen LogP contribution in [-0.4, -0.2) is 69.1 Å². The highest BCUT2D eigenvalue weighted by molar-refractivity contribution is 7.14. The van der Waals surface area contributed by atoms with Crippen LogP contribution >= 0.6 is 11.3 Å². The number of likely N-dealkylation sites (tertiary alicyclic amines) is 1. The molecule has 1 fully saturated rings. The summed E-state index contributed by atoms with van der Waals surface area (Å²) in [7, 11) is 3.37. The van der Waals surface area contributed by atoms with E-state index in [4.69, 9.17) is 9.47 Å². The maximum Gasteiger partial charge on any atom is 0.266 e. The van der Waals surface area contributed by atoms with Gasteiger partial charge in [-0.05, 0) is 37.8 Å². The number of likely N-dealkylation sites (N-methyl/N-ethyl adjacent to an activating group) is 1. The van der Waals surface area contributed by atoms with E-state index < -0.39 is 0 Å². The SMILES string of the molecule is C=C/C(C#N)=C(\C=C/C)CN(C)C(=O)c1sc(COCCOC)cc1N=CN1CCCCC1. The highest BCUT2D eigenvalue weighted by Crippen LogP contribution is 2.32. The molecule has 33 heavy (non-hydrogen) atoms. The van der Waals surface area contributed by atoms with Gasteiger partial charge in [-0.2, -0.15) is 5.26 Å². The highest BCUT2D eigenvalue weighted by atomic mass is 32.1. The summed E-state index contributed by atoms with van der Waals surface area (Å²) in [6.07, 6.45) is 10.6. The number of nitrogens with zero attached hydrogens (tertiary/aromatic N) is 4. The van der Waals surface area contributed by atoms with Crippen molar-refractivity contribution in [2.45, 2.75) is 32.8 Å². The zero-order valence-corrected chi connectivity index (χ0v) is 20.7. The normalized spacial score (nSPS) is 15.0. The predicted molar refractivity (Wildman–Crippen MR) is 134 cm³/mol. The third-order valence-electron chi connectivity index (χ3n) is 5.18. The number of amides is 1. The van der Waals surface area contributed by atoms with Gasteiger partial charge in [0.05, 0.1) is 43.5 Å². The van der Waals surface area contributed by atoms with Crippen LogP contribution in [0.15, 0.2) is 47.0 Å². The quantitative estimate of drug-likeness (QED) is 0.145. The van der Waals surface area contributed by atoms with E-state index in [9.17, 15) is 10.1 Å². The molecule has 8 heteroatoms. The largest absolute Gasteiger partial charge is 0.382 e. The molecule has 1 aromatic heterocycles. The molecule has 0 radical (unpaired) electrons. The number of piperidine rings is 1. The van der Waals surface area contributed by atoms with Gasteiger partial charge in [-0.25, -0.2) is 4.99 Å². The van der Waals surface area contributed by atoms with Gasteiger partial charge in [-0.1, -0.05) is 24.8 Å². The van der Waals surface area contributed by atoms with Crippen LogP contribution in [0.1, 0.15) is 40.7 Å². The average Bonchev–Trinajstić information content (AvgIpc) is 3.24. The minimum atomic E-state index is -0.141. The van der Waals surface area contributed by atoms with Crippen LogP contribution in [0.4, 0.5) is 5.69 Å². The van der Waals surface area contributed by atoms with E-state index in [-0.39, 0.29) is 5.91 Å². The minimum Gasteiger partial charge on any atom is -0.382 e. The Hall–Kier alpha value is -2.73. The Labute approximate surface area is 201 Å². The van der Waals surface area contributed by atoms with E-state index in [1.165, 1.54) is 23.8 Å². The number of hydrogen-bond acceptors (Lipinski definition) is 6. The molecule has 2 heterocycles. The van der Waals surface area contributed by atoms with Gasteiger partial charge in [0.15, 0.2) is 0 Å². The molecule has 178 valence electrons. The summed E-state index contributed by atoms with van der Waals surface area (Å²) in [5, 5.41) is 9.39. The van der Waals surface area contributed by atoms with Crippen molar-refractivity contribution in [3.63, 3.8) is 0 Å². The molecule has 1 aliphatic rings. The number of rotatable bonds is 12. The number of aliphatic imine (C=N–C) groups is 1. The number of methoxy groups -OCH3 is 1. The fourth-order valence-electron chi connectivity index (χ4n) is 3.42. The molecule has 2 rings (SSSR count). The summed E-state index contributed by atoms with van der Waals surface area (Å²) in [6, 6.07) is 4.07. The molecular formula is C25H34N4O3S. The van der Waals surface area contributed by atoms with Crippen molar-refractivity contribution in [1.29, 1.82) is 5.26 Å². The number of carbonyl (C=O) groups is 1. The van der Waals surface area contributed by atoms with Crippen LogP contribution in [0, 0.1) is 11.3 Å². The summed E-state index contributed by atoms with van der Waals surface area (Å²) in [4.78, 5) is 23.4. The number of carbonyl (C=O) groups excluding carboxylic acids is 1. The van der Waals surface area contributed by atoms with Crippen molar-refractivity contribution in [2.75, 3.05) is 47.0 Å². The maximum absolute atomic E-state index is 13.4. The summed E-state index contributed by atoms with van der Waals surface area (Å²) >= 11 is 1.39. The van der Waals surface area contributed by atoms with Crippen LogP contribution in [0.3, 0.4) is 0 Å². The lowest BCUT2D eigenvalue weighted by atomic mass is 10.1. The van der Waals surface area contributed by atoms with Crippen molar-refractivity contribution >= 4 is 29.3 Å². The number of allylic oxidation sites excluding steroid dienone is 3. The molecule has 0 N–H and O–H groups in total. The van der Waals surface area contributed by atoms with Crippen molar-refractivity contribution in [3.8, 4) is 6.07 Å². The predicted octanol–water partition coefficient (Wildman–Crippen LogP) is 4.71. The Bertz CT molecular complexity index is 921. The van der Waals surface area contributed by atoms with Gasteiger partial charge < -0.3 is 19.3 Å². The van der Waals surface area contributed by atoms with Gasteiger partial charge in [-0.3, -0.25) is 4.79 Å². The number of thiophene rings is 1. The lowest BCUT2D eigenvalue weighted by molar-refractivity contribution is 0.0629. The Morgan fingerprint density at radius 3 is 2.76 bits per heavy atom. The number of nitriles is 1. The van der Waals surface area contributed by atoms with Crippen LogP contribution in [0.25, 0.3) is 0 Å². The highest BCUT2D eigenvalue weighted by Gasteiger charge is 2.21. The minimum absolute atomic E-state index is 0.141. The molecule has 0 bridgehead atoms. The van der Waals surface area contributed by atoms with Gasteiger partial charge in [0, 0.05) is 38.7 Å². The Balaban J connectivity index is 2.26. The monoisotopic (exact) mass is 470 g/mol. The first-order chi connectivity index (χ1) is 16.0. The smallest absolute Gasteiger partial charge is 0.266 e. The molecule has 7 nitrogen and oxygen atoms in total. The molecular weight excluding hydrogens is 436 g/mol. The van der Waals surface area contributed by atoms with Gasteiger partial charge in [0.1, 0.15) is 4.88 Å². The molecule has 0 aliphatic carbocycles. The van der Waals surface area contributed by atoms with E-state index in [0.29, 0.717) is 42.5 Å². The van der Waals surface area contributed by atoms with Crippen molar-refractivity contribution in [1.82, 2.24) is 9.80 Å². The average molecular weight is 471 g/mol. The van der Waals surface area contributed by atoms with Crippen LogP contribution < -0.4 is 0 Å². The van der Waals surface area contributed by atoms with Gasteiger partial charge in [0.25, 0.3) is 5.91 Å². The summed E-state index contributed by atoms with van der Waals surface area (Å²) < 4.78 is 10.7. The molecule has 1 aliphatic heterocycles. The molecule has 0 unspecified atom stereocenters. The second kappa shape index (κ2) is 14.4. The van der Waals surface area contributed by atoms with Gasteiger partial charge >= 0.3 is 0 Å². The summed E-state index contributed by atoms with van der Waals surface area (Å²) in [6.45, 7) is 9.26. The molecule has 1 saturated heterocycles. The van der Waals surface area contributed by atoms with Crippen molar-refractivity contribution in [2.24, 2.45) is 4.99 Å². The topological polar surface area (TPSA) is 78.2 Å². The lowest BCUT2D eigenvalue weighted by Crippen LogP contribution is -2.29. The lowest BCUT2D eigenvalue weighted by Gasteiger charge is -2.23. The first kappa shape index (κ1) is 26.5. The molecule has 0 spiro atoms. The van der Waals surface area contributed by atoms with Crippen LogP contribution in [0.2, 0.25) is 0 Å². The van der Waals surface area contributed by atoms with E-state index in [1.807, 2.05) is 31.5 Å². The third-order valence-corrected chi connectivity index (χ3v) is 6.26. The third kappa shape index (κ3) is 8.28. The van der Waals surface area contributed by atoms with Gasteiger partial charge in [0.2, 0.25) is 0 Å². The molecule has 0 saturated carbocycles. The second-order valence-corrected chi connectivity index (χ2v) is 8.87. The Kier molecular flexibility index (Phi) is 11.6. The molecule has 0 atom stereocenters. The fourth-order valence-corrected chi connectivity index (χ4v) is 4.46. The van der Waals surface area contributed by atoms with E-state index >= 15 is 0 Å². The van der Waals surface area contributed by atoms with Crippen LogP contribution in [-0.2, 0) is 16.1 Å². The Morgan fingerprint density at radius 2 is 2.12 bits per heavy atom.